The zero-order valence-electron chi connectivity index (χ0n) is 22.3. The number of rotatable bonds is 0. The quantitative estimate of drug-likeness (QED) is 0.391. The van der Waals surface area contributed by atoms with Gasteiger partial charge in [0.1, 0.15) is 5.82 Å². The Hall–Kier alpha value is -1.71. The van der Waals surface area contributed by atoms with Crippen LogP contribution in [0.1, 0.15) is 77.1 Å². The summed E-state index contributed by atoms with van der Waals surface area (Å²) in [7, 11) is 0. The van der Waals surface area contributed by atoms with Gasteiger partial charge in [0.05, 0.1) is 13.2 Å². The minimum absolute atomic E-state index is 0. The van der Waals surface area contributed by atoms with Gasteiger partial charge in [-0.05, 0) is 63.6 Å². The molecule has 1 aliphatic carbocycles. The molecule has 0 bridgehead atoms. The van der Waals surface area contributed by atoms with E-state index in [1.165, 1.54) is 42.9 Å². The third-order valence-corrected chi connectivity index (χ3v) is 6.08. The summed E-state index contributed by atoms with van der Waals surface area (Å²) in [6.45, 7) is 18.3. The lowest BCUT2D eigenvalue weighted by atomic mass is 9.84. The second-order valence-electron chi connectivity index (χ2n) is 10.1. The van der Waals surface area contributed by atoms with Crippen LogP contribution in [0.3, 0.4) is 0 Å². The van der Waals surface area contributed by atoms with E-state index >= 15 is 0 Å². The third kappa shape index (κ3) is 14.2. The molecule has 3 heteroatoms. The van der Waals surface area contributed by atoms with Crippen LogP contribution in [0.25, 0.3) is 0 Å². The fraction of sp³-hybridized carbons (Fsp3) is 0.600. The van der Waals surface area contributed by atoms with Crippen molar-refractivity contribution < 1.29 is 15.3 Å². The molecule has 0 amide bonds. The average molecular weight is 461 g/mol. The fourth-order valence-corrected chi connectivity index (χ4v) is 3.46. The minimum atomic E-state index is -0.116. The summed E-state index contributed by atoms with van der Waals surface area (Å²) in [5.74, 6) is 2.50. The molecule has 0 radical (unpaired) electrons. The van der Waals surface area contributed by atoms with Crippen LogP contribution in [0.15, 0.2) is 42.5 Å². The van der Waals surface area contributed by atoms with Gasteiger partial charge < -0.3 is 9.47 Å². The predicted octanol–water partition coefficient (Wildman–Crippen LogP) is 8.84. The Morgan fingerprint density at radius 1 is 0.636 bits per heavy atom. The third-order valence-electron chi connectivity index (χ3n) is 6.08. The van der Waals surface area contributed by atoms with Crippen molar-refractivity contribution in [3.05, 3.63) is 70.5 Å². The molecule has 2 aromatic rings. The van der Waals surface area contributed by atoms with Gasteiger partial charge >= 0.3 is 0 Å². The average Bonchev–Trinajstić information content (AvgIpc) is 2.79. The summed E-state index contributed by atoms with van der Waals surface area (Å²) in [5, 5.41) is 0. The molecule has 33 heavy (non-hydrogen) atoms. The van der Waals surface area contributed by atoms with Crippen molar-refractivity contribution in [3.63, 3.8) is 0 Å². The van der Waals surface area contributed by atoms with E-state index in [1.807, 2.05) is 19.9 Å². The predicted molar refractivity (Wildman–Crippen MR) is 141 cm³/mol. The normalized spacial score (nSPS) is 24.2. The minimum Gasteiger partial charge on any atom is -0.353 e. The standard InChI is InChI=1S/C8H9F.C8H16.C8H10.C6H12O2.H2/c1-6-3-4-7(2)8(9)5-6;2*1-7-3-5-8(2)6-4-7;1-5-3-7-6(2)8-4-5;/h3-5H,1-2H3;7-8H,3-6H2,1-2H3;3-6H,1-2H3;5-6H,3-4H2,1-2H3;1H. The molecular weight excluding hydrogens is 411 g/mol. The first-order chi connectivity index (χ1) is 15.6. The van der Waals surface area contributed by atoms with E-state index in [4.69, 9.17) is 9.47 Å². The Labute approximate surface area is 204 Å². The van der Waals surface area contributed by atoms with Crippen LogP contribution in [0.2, 0.25) is 0 Å². The van der Waals surface area contributed by atoms with Crippen molar-refractivity contribution in [2.45, 2.75) is 87.4 Å². The van der Waals surface area contributed by atoms with Crippen LogP contribution >= 0.6 is 0 Å². The van der Waals surface area contributed by atoms with Gasteiger partial charge in [-0.3, -0.25) is 0 Å². The van der Waals surface area contributed by atoms with Gasteiger partial charge in [0.25, 0.3) is 0 Å². The number of aryl methyl sites for hydroxylation is 4. The Kier molecular flexibility index (Phi) is 14.2. The van der Waals surface area contributed by atoms with E-state index in [9.17, 15) is 4.39 Å². The molecule has 1 saturated carbocycles. The lowest BCUT2D eigenvalue weighted by Crippen LogP contribution is -2.27. The highest BCUT2D eigenvalue weighted by atomic mass is 19.1. The molecule has 2 aliphatic rings. The second-order valence-corrected chi connectivity index (χ2v) is 10.1. The summed E-state index contributed by atoms with van der Waals surface area (Å²) in [6, 6.07) is 13.7. The first kappa shape index (κ1) is 29.3. The van der Waals surface area contributed by atoms with Crippen LogP contribution < -0.4 is 0 Å². The van der Waals surface area contributed by atoms with E-state index in [0.717, 1.165) is 30.6 Å². The molecule has 0 unspecified atom stereocenters. The lowest BCUT2D eigenvalue weighted by molar-refractivity contribution is -0.187. The number of hydrogen-bond acceptors (Lipinski definition) is 2. The molecule has 2 nitrogen and oxygen atoms in total. The van der Waals surface area contributed by atoms with Gasteiger partial charge in [0.2, 0.25) is 0 Å². The van der Waals surface area contributed by atoms with Crippen molar-refractivity contribution in [2.75, 3.05) is 13.2 Å². The second kappa shape index (κ2) is 16.0. The zero-order chi connectivity index (χ0) is 24.8. The highest BCUT2D eigenvalue weighted by Crippen LogP contribution is 2.27. The number of halogens is 1. The SMILES string of the molecule is CC1CCC(C)CC1.CC1COC(C)OC1.Cc1ccc(C)c(F)c1.Cc1ccc(C)cc1.[HH]. The maximum Gasteiger partial charge on any atom is 0.154 e. The molecule has 0 atom stereocenters. The first-order valence-electron chi connectivity index (χ1n) is 12.6. The molecule has 2 aromatic carbocycles. The maximum absolute atomic E-state index is 12.6. The molecule has 1 heterocycles. The molecule has 2 fully saturated rings. The van der Waals surface area contributed by atoms with Crippen LogP contribution in [0.4, 0.5) is 4.39 Å². The zero-order valence-corrected chi connectivity index (χ0v) is 22.3. The topological polar surface area (TPSA) is 18.5 Å². The van der Waals surface area contributed by atoms with E-state index in [2.05, 4.69) is 58.9 Å². The number of ether oxygens (including phenoxy) is 2. The fourth-order valence-electron chi connectivity index (χ4n) is 3.46. The molecule has 4 rings (SSSR count). The Balaban J connectivity index is 0.000000423. The van der Waals surface area contributed by atoms with Crippen LogP contribution in [0, 0.1) is 51.3 Å². The highest BCUT2D eigenvalue weighted by Gasteiger charge is 2.14. The summed E-state index contributed by atoms with van der Waals surface area (Å²) in [4.78, 5) is 0. The molecule has 0 spiro atoms. The summed E-state index contributed by atoms with van der Waals surface area (Å²) in [5.41, 5.74) is 4.34. The van der Waals surface area contributed by atoms with Crippen molar-refractivity contribution in [1.29, 1.82) is 0 Å². The van der Waals surface area contributed by atoms with Crippen molar-refractivity contribution in [3.8, 4) is 0 Å². The molecule has 188 valence electrons. The number of hydrogen-bond donors (Lipinski definition) is 0. The van der Waals surface area contributed by atoms with E-state index in [1.54, 1.807) is 13.0 Å². The van der Waals surface area contributed by atoms with Crippen LogP contribution in [-0.2, 0) is 9.47 Å². The van der Waals surface area contributed by atoms with E-state index < -0.39 is 0 Å². The molecule has 1 aliphatic heterocycles. The van der Waals surface area contributed by atoms with Crippen LogP contribution in [0.5, 0.6) is 0 Å². The Bertz CT molecular complexity index is 701. The van der Waals surface area contributed by atoms with Gasteiger partial charge in [0.15, 0.2) is 6.29 Å². The van der Waals surface area contributed by atoms with Crippen molar-refractivity contribution >= 4 is 0 Å². The van der Waals surface area contributed by atoms with Crippen LogP contribution in [-0.4, -0.2) is 19.5 Å². The monoisotopic (exact) mass is 460 g/mol. The molecule has 0 N–H and O–H groups in total. The molecule has 1 saturated heterocycles. The van der Waals surface area contributed by atoms with Gasteiger partial charge in [0, 0.05) is 7.34 Å². The summed E-state index contributed by atoms with van der Waals surface area (Å²) >= 11 is 0. The summed E-state index contributed by atoms with van der Waals surface area (Å²) < 4.78 is 22.9. The smallest absolute Gasteiger partial charge is 0.154 e. The molecular formula is C30H49FO2. The highest BCUT2D eigenvalue weighted by molar-refractivity contribution is 5.21. The van der Waals surface area contributed by atoms with Gasteiger partial charge in [-0.2, -0.15) is 0 Å². The van der Waals surface area contributed by atoms with Crippen molar-refractivity contribution in [2.24, 2.45) is 17.8 Å². The Morgan fingerprint density at radius 3 is 1.36 bits per heavy atom. The first-order valence-corrected chi connectivity index (χ1v) is 12.6. The van der Waals surface area contributed by atoms with E-state index in [-0.39, 0.29) is 13.5 Å². The van der Waals surface area contributed by atoms with Gasteiger partial charge in [-0.25, -0.2) is 4.39 Å². The maximum atomic E-state index is 12.6. The molecule has 0 aromatic heterocycles. The summed E-state index contributed by atoms with van der Waals surface area (Å²) in [6.07, 6.45) is 5.91. The van der Waals surface area contributed by atoms with Crippen molar-refractivity contribution in [1.82, 2.24) is 0 Å². The van der Waals surface area contributed by atoms with Gasteiger partial charge in [-0.15, -0.1) is 0 Å². The lowest BCUT2D eigenvalue weighted by Gasteiger charge is -2.24. The number of benzene rings is 2. The Morgan fingerprint density at radius 2 is 1.03 bits per heavy atom. The largest absolute Gasteiger partial charge is 0.353 e. The van der Waals surface area contributed by atoms with E-state index in [0.29, 0.717) is 11.5 Å². The van der Waals surface area contributed by atoms with Gasteiger partial charge in [-0.1, -0.05) is 94.0 Å².